The molecule has 0 radical (unpaired) electrons. The Bertz CT molecular complexity index is 511. The van der Waals surface area contributed by atoms with Gasteiger partial charge in [0.25, 0.3) is 0 Å². The summed E-state index contributed by atoms with van der Waals surface area (Å²) in [5.74, 6) is 0.521. The van der Waals surface area contributed by atoms with E-state index in [-0.39, 0.29) is 29.9 Å². The molecule has 5 heteroatoms. The maximum absolute atomic E-state index is 13.5. The third-order valence-electron chi connectivity index (χ3n) is 4.41. The van der Waals surface area contributed by atoms with Gasteiger partial charge in [-0.25, -0.2) is 4.39 Å². The van der Waals surface area contributed by atoms with E-state index in [1.165, 1.54) is 17.8 Å². The summed E-state index contributed by atoms with van der Waals surface area (Å²) in [7, 11) is 0. The van der Waals surface area contributed by atoms with Gasteiger partial charge in [0.05, 0.1) is 6.10 Å². The van der Waals surface area contributed by atoms with Crippen LogP contribution in [-0.4, -0.2) is 39.9 Å². The lowest BCUT2D eigenvalue weighted by molar-refractivity contribution is -0.136. The first-order valence-corrected chi connectivity index (χ1v) is 8.50. The summed E-state index contributed by atoms with van der Waals surface area (Å²) in [5, 5.41) is 9.76. The fourth-order valence-electron chi connectivity index (χ4n) is 3.49. The smallest absolute Gasteiger partial charge is 0.223 e. The summed E-state index contributed by atoms with van der Waals surface area (Å²) in [5.41, 5.74) is 0. The van der Waals surface area contributed by atoms with Crippen molar-refractivity contribution in [2.45, 2.75) is 55.2 Å². The van der Waals surface area contributed by atoms with E-state index in [9.17, 15) is 14.3 Å². The zero-order valence-electron chi connectivity index (χ0n) is 11.9. The molecule has 0 aliphatic carbocycles. The molecule has 2 aliphatic heterocycles. The van der Waals surface area contributed by atoms with Gasteiger partial charge in [-0.05, 0) is 37.8 Å². The van der Waals surface area contributed by atoms with Crippen molar-refractivity contribution in [1.82, 2.24) is 4.90 Å². The molecular formula is C16H20FNO2S. The number of carbonyl (C=O) groups excluding carboxylic acids is 1. The summed E-state index contributed by atoms with van der Waals surface area (Å²) in [6.45, 7) is 0. The normalized spacial score (nSPS) is 27.9. The lowest BCUT2D eigenvalue weighted by Crippen LogP contribution is -2.48. The van der Waals surface area contributed by atoms with Crippen LogP contribution < -0.4 is 0 Å². The number of aliphatic hydroxyl groups is 1. The van der Waals surface area contributed by atoms with Gasteiger partial charge in [-0.3, -0.25) is 4.79 Å². The van der Waals surface area contributed by atoms with Crippen LogP contribution in [0.15, 0.2) is 29.2 Å². The largest absolute Gasteiger partial charge is 0.393 e. The molecule has 1 aromatic carbocycles. The second-order valence-electron chi connectivity index (χ2n) is 5.84. The molecule has 0 saturated carbocycles. The van der Waals surface area contributed by atoms with E-state index in [0.29, 0.717) is 29.9 Å². The Morgan fingerprint density at radius 3 is 2.62 bits per heavy atom. The van der Waals surface area contributed by atoms with Crippen molar-refractivity contribution in [3.8, 4) is 0 Å². The van der Waals surface area contributed by atoms with Crippen molar-refractivity contribution in [3.63, 3.8) is 0 Å². The Kier molecular flexibility index (Phi) is 4.50. The zero-order valence-corrected chi connectivity index (χ0v) is 12.7. The molecule has 0 spiro atoms. The number of thioether (sulfide) groups is 1. The molecule has 0 aromatic heterocycles. The molecule has 3 rings (SSSR count). The predicted molar refractivity (Wildman–Crippen MR) is 80.6 cm³/mol. The number of piperidine rings is 1. The molecule has 1 amide bonds. The topological polar surface area (TPSA) is 40.5 Å². The SMILES string of the molecule is O=C(CCSc1ccccc1F)N1C2CCC1CC(O)C2. The van der Waals surface area contributed by atoms with E-state index >= 15 is 0 Å². The first-order valence-electron chi connectivity index (χ1n) is 7.51. The average molecular weight is 309 g/mol. The van der Waals surface area contributed by atoms with E-state index in [1.54, 1.807) is 18.2 Å². The molecule has 2 saturated heterocycles. The van der Waals surface area contributed by atoms with Crippen LogP contribution in [0.1, 0.15) is 32.1 Å². The minimum atomic E-state index is -0.251. The highest BCUT2D eigenvalue weighted by Gasteiger charge is 2.42. The van der Waals surface area contributed by atoms with Gasteiger partial charge in [0.1, 0.15) is 5.82 Å². The Hall–Kier alpha value is -1.07. The van der Waals surface area contributed by atoms with Crippen LogP contribution >= 0.6 is 11.8 Å². The Labute approximate surface area is 128 Å². The quantitative estimate of drug-likeness (QED) is 0.870. The van der Waals surface area contributed by atoms with Gasteiger partial charge in [-0.15, -0.1) is 11.8 Å². The van der Waals surface area contributed by atoms with Crippen LogP contribution in [0.4, 0.5) is 4.39 Å². The number of carbonyl (C=O) groups is 1. The minimum absolute atomic E-state index is 0.151. The molecule has 2 heterocycles. The monoisotopic (exact) mass is 309 g/mol. The lowest BCUT2D eigenvalue weighted by atomic mass is 9.99. The average Bonchev–Trinajstić information content (AvgIpc) is 2.73. The summed E-state index contributed by atoms with van der Waals surface area (Å²) >= 11 is 1.39. The summed E-state index contributed by atoms with van der Waals surface area (Å²) < 4.78 is 13.5. The molecule has 3 nitrogen and oxygen atoms in total. The third kappa shape index (κ3) is 3.24. The van der Waals surface area contributed by atoms with Crippen LogP contribution in [0, 0.1) is 5.82 Å². The van der Waals surface area contributed by atoms with Crippen LogP contribution in [0.25, 0.3) is 0 Å². The van der Waals surface area contributed by atoms with E-state index in [0.717, 1.165) is 12.8 Å². The molecule has 2 bridgehead atoms. The molecule has 21 heavy (non-hydrogen) atoms. The first-order chi connectivity index (χ1) is 10.1. The highest BCUT2D eigenvalue weighted by atomic mass is 32.2. The molecule has 2 unspecified atom stereocenters. The Morgan fingerprint density at radius 1 is 1.29 bits per heavy atom. The van der Waals surface area contributed by atoms with Crippen molar-refractivity contribution in [1.29, 1.82) is 0 Å². The van der Waals surface area contributed by atoms with Crippen molar-refractivity contribution in [3.05, 3.63) is 30.1 Å². The maximum atomic E-state index is 13.5. The van der Waals surface area contributed by atoms with Crippen molar-refractivity contribution < 1.29 is 14.3 Å². The number of aliphatic hydroxyl groups excluding tert-OH is 1. The van der Waals surface area contributed by atoms with Crippen LogP contribution in [0.5, 0.6) is 0 Å². The number of benzene rings is 1. The fourth-order valence-corrected chi connectivity index (χ4v) is 4.37. The first kappa shape index (κ1) is 14.9. The molecular weight excluding hydrogens is 289 g/mol. The van der Waals surface area contributed by atoms with Gasteiger partial charge in [0, 0.05) is 29.2 Å². The fraction of sp³-hybridized carbons (Fsp3) is 0.562. The van der Waals surface area contributed by atoms with Gasteiger partial charge in [0.15, 0.2) is 0 Å². The van der Waals surface area contributed by atoms with Crippen molar-refractivity contribution in [2.24, 2.45) is 0 Å². The summed E-state index contributed by atoms with van der Waals surface area (Å²) in [4.78, 5) is 15.0. The van der Waals surface area contributed by atoms with Gasteiger partial charge >= 0.3 is 0 Å². The second kappa shape index (κ2) is 6.36. The van der Waals surface area contributed by atoms with Gasteiger partial charge < -0.3 is 10.0 Å². The van der Waals surface area contributed by atoms with Crippen LogP contribution in [0.3, 0.4) is 0 Å². The minimum Gasteiger partial charge on any atom is -0.393 e. The molecule has 1 aromatic rings. The highest BCUT2D eigenvalue weighted by molar-refractivity contribution is 7.99. The van der Waals surface area contributed by atoms with Crippen LogP contribution in [0.2, 0.25) is 0 Å². The van der Waals surface area contributed by atoms with E-state index in [2.05, 4.69) is 0 Å². The third-order valence-corrected chi connectivity index (χ3v) is 5.46. The Morgan fingerprint density at radius 2 is 1.95 bits per heavy atom. The number of amides is 1. The zero-order chi connectivity index (χ0) is 14.8. The maximum Gasteiger partial charge on any atom is 0.223 e. The number of hydrogen-bond acceptors (Lipinski definition) is 3. The summed E-state index contributed by atoms with van der Waals surface area (Å²) in [6, 6.07) is 7.08. The standard InChI is InChI=1S/C16H20FNO2S/c17-14-3-1-2-4-15(14)21-8-7-16(20)18-11-5-6-12(18)10-13(19)9-11/h1-4,11-13,19H,5-10H2. The van der Waals surface area contributed by atoms with Gasteiger partial charge in [-0.1, -0.05) is 12.1 Å². The number of hydrogen-bond donors (Lipinski definition) is 1. The van der Waals surface area contributed by atoms with E-state index in [1.807, 2.05) is 4.90 Å². The van der Waals surface area contributed by atoms with Gasteiger partial charge in [-0.2, -0.15) is 0 Å². The lowest BCUT2D eigenvalue weighted by Gasteiger charge is -2.37. The number of fused-ring (bicyclic) bond motifs is 2. The second-order valence-corrected chi connectivity index (χ2v) is 6.98. The highest BCUT2D eigenvalue weighted by Crippen LogP contribution is 2.36. The predicted octanol–water partition coefficient (Wildman–Crippen LogP) is 2.82. The molecule has 2 aliphatic rings. The number of halogens is 1. The van der Waals surface area contributed by atoms with Crippen molar-refractivity contribution >= 4 is 17.7 Å². The van der Waals surface area contributed by atoms with E-state index < -0.39 is 0 Å². The van der Waals surface area contributed by atoms with Crippen molar-refractivity contribution in [2.75, 3.05) is 5.75 Å². The number of rotatable bonds is 4. The molecule has 1 N–H and O–H groups in total. The Balaban J connectivity index is 1.52. The molecule has 2 fully saturated rings. The number of nitrogens with zero attached hydrogens (tertiary/aromatic N) is 1. The summed E-state index contributed by atoms with van der Waals surface area (Å²) in [6.07, 6.45) is 3.62. The molecule has 114 valence electrons. The van der Waals surface area contributed by atoms with Crippen LogP contribution in [-0.2, 0) is 4.79 Å². The molecule has 2 atom stereocenters. The van der Waals surface area contributed by atoms with Gasteiger partial charge in [0.2, 0.25) is 5.91 Å². The van der Waals surface area contributed by atoms with E-state index in [4.69, 9.17) is 0 Å².